The topological polar surface area (TPSA) is 89.8 Å². The van der Waals surface area contributed by atoms with Crippen molar-refractivity contribution in [1.29, 1.82) is 0 Å². The van der Waals surface area contributed by atoms with Gasteiger partial charge < -0.3 is 9.64 Å². The molecule has 2 aromatic carbocycles. The van der Waals surface area contributed by atoms with Gasteiger partial charge in [0.05, 0.1) is 15.5 Å². The predicted molar refractivity (Wildman–Crippen MR) is 95.5 cm³/mol. The van der Waals surface area contributed by atoms with E-state index < -0.39 is 17.5 Å². The molecule has 3 rings (SSSR count). The number of nitro groups is 1. The minimum absolute atomic E-state index is 0.0212. The van der Waals surface area contributed by atoms with Crippen LogP contribution in [-0.4, -0.2) is 29.4 Å². The molecule has 134 valence electrons. The molecule has 1 aliphatic heterocycles. The summed E-state index contributed by atoms with van der Waals surface area (Å²) in [4.78, 5) is 36.5. The molecule has 0 radical (unpaired) electrons. The zero-order valence-corrected chi connectivity index (χ0v) is 14.6. The number of halogens is 1. The highest BCUT2D eigenvalue weighted by Gasteiger charge is 2.31. The second-order valence-electron chi connectivity index (χ2n) is 5.94. The van der Waals surface area contributed by atoms with Gasteiger partial charge in [0, 0.05) is 23.9 Å². The SMILES string of the molecule is C[C@@H]1Cc2ccccc2N1C(=O)COC(=O)c1cc([N+](=O)[O-])ccc1Cl. The number of ether oxygens (including phenoxy) is 1. The standard InChI is InChI=1S/C18H15ClN2O5/c1-11-8-12-4-2-3-5-16(12)20(11)17(22)10-26-18(23)14-9-13(21(24)25)6-7-15(14)19/h2-7,9,11H,8,10H2,1H3/t11-/m1/s1. The van der Waals surface area contributed by atoms with E-state index in [9.17, 15) is 19.7 Å². The number of rotatable bonds is 4. The quantitative estimate of drug-likeness (QED) is 0.465. The molecule has 0 bridgehead atoms. The van der Waals surface area contributed by atoms with Crippen LogP contribution in [0, 0.1) is 10.1 Å². The van der Waals surface area contributed by atoms with Crippen LogP contribution in [0.4, 0.5) is 11.4 Å². The molecule has 26 heavy (non-hydrogen) atoms. The molecule has 0 aliphatic carbocycles. The molecule has 0 spiro atoms. The molecule has 2 aromatic rings. The average Bonchev–Trinajstić information content (AvgIpc) is 2.95. The van der Waals surface area contributed by atoms with Crippen LogP contribution in [0.1, 0.15) is 22.8 Å². The van der Waals surface area contributed by atoms with Crippen molar-refractivity contribution in [2.75, 3.05) is 11.5 Å². The highest BCUT2D eigenvalue weighted by atomic mass is 35.5. The second-order valence-corrected chi connectivity index (χ2v) is 6.35. The highest BCUT2D eigenvalue weighted by Crippen LogP contribution is 2.32. The fraction of sp³-hybridized carbons (Fsp3) is 0.222. The number of nitro benzene ring substituents is 1. The van der Waals surface area contributed by atoms with E-state index in [1.165, 1.54) is 12.1 Å². The van der Waals surface area contributed by atoms with Gasteiger partial charge in [-0.3, -0.25) is 14.9 Å². The van der Waals surface area contributed by atoms with Gasteiger partial charge in [0.25, 0.3) is 11.6 Å². The summed E-state index contributed by atoms with van der Waals surface area (Å²) >= 11 is 5.91. The lowest BCUT2D eigenvalue weighted by Crippen LogP contribution is -2.38. The number of non-ortho nitro benzene ring substituents is 1. The van der Waals surface area contributed by atoms with Gasteiger partial charge in [-0.25, -0.2) is 4.79 Å². The van der Waals surface area contributed by atoms with E-state index in [0.717, 1.165) is 23.7 Å². The van der Waals surface area contributed by atoms with Crippen molar-refractivity contribution < 1.29 is 19.2 Å². The Hall–Kier alpha value is -2.93. The summed E-state index contributed by atoms with van der Waals surface area (Å²) in [5.74, 6) is -1.25. The third-order valence-corrected chi connectivity index (χ3v) is 4.51. The Balaban J connectivity index is 1.71. The molecular formula is C18H15ClN2O5. The van der Waals surface area contributed by atoms with E-state index in [1.54, 1.807) is 4.90 Å². The number of carbonyl (C=O) groups is 2. The Morgan fingerprint density at radius 1 is 1.31 bits per heavy atom. The van der Waals surface area contributed by atoms with Crippen molar-refractivity contribution >= 4 is 34.9 Å². The molecular weight excluding hydrogens is 360 g/mol. The monoisotopic (exact) mass is 374 g/mol. The zero-order valence-electron chi connectivity index (χ0n) is 13.8. The van der Waals surface area contributed by atoms with Gasteiger partial charge >= 0.3 is 5.97 Å². The summed E-state index contributed by atoms with van der Waals surface area (Å²) < 4.78 is 5.04. The van der Waals surface area contributed by atoms with E-state index in [2.05, 4.69) is 0 Å². The van der Waals surface area contributed by atoms with Crippen LogP contribution in [0.15, 0.2) is 42.5 Å². The summed E-state index contributed by atoms with van der Waals surface area (Å²) in [6.07, 6.45) is 0.729. The van der Waals surface area contributed by atoms with Crippen LogP contribution in [-0.2, 0) is 16.0 Å². The van der Waals surface area contributed by atoms with Crippen LogP contribution in [0.3, 0.4) is 0 Å². The van der Waals surface area contributed by atoms with Crippen molar-refractivity contribution in [3.8, 4) is 0 Å². The maximum absolute atomic E-state index is 12.5. The second kappa shape index (κ2) is 7.13. The van der Waals surface area contributed by atoms with E-state index in [4.69, 9.17) is 16.3 Å². The normalized spacial score (nSPS) is 15.5. The Morgan fingerprint density at radius 2 is 2.04 bits per heavy atom. The molecule has 0 fully saturated rings. The number of hydrogen-bond donors (Lipinski definition) is 0. The number of benzene rings is 2. The number of hydrogen-bond acceptors (Lipinski definition) is 5. The first-order valence-corrected chi connectivity index (χ1v) is 8.27. The Kier molecular flexibility index (Phi) is 4.90. The van der Waals surface area contributed by atoms with Crippen molar-refractivity contribution in [2.24, 2.45) is 0 Å². The minimum Gasteiger partial charge on any atom is -0.452 e. The number of fused-ring (bicyclic) bond motifs is 1. The summed E-state index contributed by atoms with van der Waals surface area (Å²) in [5.41, 5.74) is 1.43. The molecule has 1 heterocycles. The maximum Gasteiger partial charge on any atom is 0.340 e. The van der Waals surface area contributed by atoms with Gasteiger partial charge in [0.15, 0.2) is 6.61 Å². The number of para-hydroxylation sites is 1. The molecule has 8 heteroatoms. The van der Waals surface area contributed by atoms with Gasteiger partial charge in [-0.2, -0.15) is 0 Å². The number of esters is 1. The minimum atomic E-state index is -0.882. The zero-order chi connectivity index (χ0) is 18.8. The fourth-order valence-electron chi connectivity index (χ4n) is 3.00. The van der Waals surface area contributed by atoms with Crippen molar-refractivity contribution in [2.45, 2.75) is 19.4 Å². The van der Waals surface area contributed by atoms with E-state index in [1.807, 2.05) is 31.2 Å². The van der Waals surface area contributed by atoms with Crippen molar-refractivity contribution in [3.63, 3.8) is 0 Å². The maximum atomic E-state index is 12.5. The molecule has 0 N–H and O–H groups in total. The van der Waals surface area contributed by atoms with E-state index >= 15 is 0 Å². The van der Waals surface area contributed by atoms with Crippen molar-refractivity contribution in [1.82, 2.24) is 0 Å². The molecule has 0 aromatic heterocycles. The molecule has 7 nitrogen and oxygen atoms in total. The van der Waals surface area contributed by atoms with Gasteiger partial charge in [-0.05, 0) is 31.0 Å². The van der Waals surface area contributed by atoms with Crippen LogP contribution in [0.2, 0.25) is 5.02 Å². The first kappa shape index (κ1) is 17.9. The van der Waals surface area contributed by atoms with E-state index in [-0.39, 0.29) is 28.2 Å². The molecule has 0 saturated carbocycles. The van der Waals surface area contributed by atoms with Crippen LogP contribution in [0.25, 0.3) is 0 Å². The summed E-state index contributed by atoms with van der Waals surface area (Å²) in [6.45, 7) is 1.44. The van der Waals surface area contributed by atoms with E-state index in [0.29, 0.717) is 0 Å². The van der Waals surface area contributed by atoms with Crippen LogP contribution in [0.5, 0.6) is 0 Å². The van der Waals surface area contributed by atoms with Gasteiger partial charge in [0.1, 0.15) is 0 Å². The average molecular weight is 375 g/mol. The fourth-order valence-corrected chi connectivity index (χ4v) is 3.20. The molecule has 1 aliphatic rings. The lowest BCUT2D eigenvalue weighted by atomic mass is 10.1. The first-order chi connectivity index (χ1) is 12.4. The lowest BCUT2D eigenvalue weighted by molar-refractivity contribution is -0.384. The largest absolute Gasteiger partial charge is 0.452 e. The van der Waals surface area contributed by atoms with Gasteiger partial charge in [0.2, 0.25) is 0 Å². The number of amides is 1. The van der Waals surface area contributed by atoms with Crippen LogP contribution >= 0.6 is 11.6 Å². The molecule has 1 atom stereocenters. The first-order valence-electron chi connectivity index (χ1n) is 7.89. The van der Waals surface area contributed by atoms with Gasteiger partial charge in [-0.1, -0.05) is 29.8 Å². The van der Waals surface area contributed by atoms with Crippen LogP contribution < -0.4 is 4.90 Å². The molecule has 0 saturated heterocycles. The Bertz CT molecular complexity index is 899. The predicted octanol–water partition coefficient (Wildman–Crippen LogP) is 3.38. The highest BCUT2D eigenvalue weighted by molar-refractivity contribution is 6.33. The number of carbonyl (C=O) groups excluding carboxylic acids is 2. The molecule has 1 amide bonds. The lowest BCUT2D eigenvalue weighted by Gasteiger charge is -2.22. The summed E-state index contributed by atoms with van der Waals surface area (Å²) in [7, 11) is 0. The number of nitrogens with zero attached hydrogens (tertiary/aromatic N) is 2. The number of anilines is 1. The Morgan fingerprint density at radius 3 is 2.77 bits per heavy atom. The van der Waals surface area contributed by atoms with Crippen molar-refractivity contribution in [3.05, 3.63) is 68.7 Å². The third kappa shape index (κ3) is 3.39. The smallest absolute Gasteiger partial charge is 0.340 e. The third-order valence-electron chi connectivity index (χ3n) is 4.18. The molecule has 0 unspecified atom stereocenters. The summed E-state index contributed by atoms with van der Waals surface area (Å²) in [6, 6.07) is 11.0. The Labute approximate surface area is 154 Å². The summed E-state index contributed by atoms with van der Waals surface area (Å²) in [5, 5.41) is 10.9. The van der Waals surface area contributed by atoms with Gasteiger partial charge in [-0.15, -0.1) is 0 Å².